The van der Waals surface area contributed by atoms with Crippen LogP contribution in [0.4, 0.5) is 11.8 Å². The second kappa shape index (κ2) is 8.11. The Morgan fingerprint density at radius 3 is 2.59 bits per heavy atom. The summed E-state index contributed by atoms with van der Waals surface area (Å²) in [5, 5.41) is 3.55. The molecule has 0 unspecified atom stereocenters. The molecule has 2 aromatic heterocycles. The molecule has 0 saturated heterocycles. The van der Waals surface area contributed by atoms with Gasteiger partial charge >= 0.3 is 0 Å². The first-order valence-electron chi connectivity index (χ1n) is 8.19. The van der Waals surface area contributed by atoms with Crippen molar-refractivity contribution in [2.45, 2.75) is 26.2 Å². The molecule has 3 N–H and O–H groups in total. The zero-order valence-electron chi connectivity index (χ0n) is 15.7. The molecule has 0 amide bonds. The van der Waals surface area contributed by atoms with Crippen LogP contribution in [0.1, 0.15) is 30.8 Å². The predicted octanol–water partition coefficient (Wildman–Crippen LogP) is 2.20. The third-order valence-electron chi connectivity index (χ3n) is 3.74. The minimum absolute atomic E-state index is 0.0248. The number of aryl methyl sites for hydroxylation is 1. The van der Waals surface area contributed by atoms with Gasteiger partial charge in [0.1, 0.15) is 15.7 Å². The van der Waals surface area contributed by atoms with Crippen LogP contribution in [0.25, 0.3) is 0 Å². The quantitative estimate of drug-likeness (QED) is 0.730. The number of nitrogens with one attached hydrogen (secondary N) is 1. The van der Waals surface area contributed by atoms with E-state index in [2.05, 4.69) is 32.1 Å². The molecule has 0 spiro atoms. The van der Waals surface area contributed by atoms with Gasteiger partial charge in [-0.3, -0.25) is 4.98 Å². The average molecular weight is 408 g/mol. The second-order valence-corrected chi connectivity index (χ2v) is 9.38. The van der Waals surface area contributed by atoms with Crippen molar-refractivity contribution < 1.29 is 8.42 Å². The smallest absolute Gasteiger partial charge is 0.222 e. The van der Waals surface area contributed by atoms with E-state index in [4.69, 9.17) is 17.3 Å². The molecule has 0 aliphatic heterocycles. The number of halogens is 1. The molecule has 0 fully saturated rings. The molecule has 0 radical (unpaired) electrons. The summed E-state index contributed by atoms with van der Waals surface area (Å²) in [6, 6.07) is 3.59. The number of nitrogens with zero attached hydrogens (tertiary/aromatic N) is 3. The van der Waals surface area contributed by atoms with Gasteiger partial charge in [0.25, 0.3) is 0 Å². The van der Waals surface area contributed by atoms with Crippen molar-refractivity contribution in [1.29, 1.82) is 0 Å². The van der Waals surface area contributed by atoms with Crippen molar-refractivity contribution >= 4 is 33.2 Å². The maximum atomic E-state index is 11.3. The Balaban J connectivity index is 2.35. The Labute approximate surface area is 164 Å². The molecule has 0 saturated carbocycles. The highest BCUT2D eigenvalue weighted by molar-refractivity contribution is 7.90. The molecule has 0 aliphatic rings. The molecule has 2 heterocycles. The lowest BCUT2D eigenvalue weighted by atomic mass is 9.89. The van der Waals surface area contributed by atoms with Gasteiger partial charge in [0, 0.05) is 19.0 Å². The summed E-state index contributed by atoms with van der Waals surface area (Å²) in [6.07, 6.45) is 2.76. The summed E-state index contributed by atoms with van der Waals surface area (Å²) >= 11 is 5.89. The van der Waals surface area contributed by atoms with E-state index in [0.717, 1.165) is 5.69 Å². The normalized spacial score (nSPS) is 11.6. The minimum Gasteiger partial charge on any atom is -0.368 e. The largest absolute Gasteiger partial charge is 0.368 e. The van der Waals surface area contributed by atoms with E-state index in [1.54, 1.807) is 19.2 Å². The highest BCUT2D eigenvalue weighted by Gasteiger charge is 2.19. The van der Waals surface area contributed by atoms with Crippen molar-refractivity contribution in [2.75, 3.05) is 29.6 Å². The highest BCUT2D eigenvalue weighted by Crippen LogP contribution is 2.23. The van der Waals surface area contributed by atoms with Crippen LogP contribution in [-0.4, -0.2) is 41.9 Å². The number of aromatic nitrogens is 3. The van der Waals surface area contributed by atoms with Crippen LogP contribution in [0, 0.1) is 18.8 Å². The van der Waals surface area contributed by atoms with Gasteiger partial charge in [-0.05, 0) is 32.9 Å². The first-order chi connectivity index (χ1) is 12.5. The van der Waals surface area contributed by atoms with Crippen LogP contribution in [0.5, 0.6) is 0 Å². The Hall–Kier alpha value is -2.37. The van der Waals surface area contributed by atoms with Crippen LogP contribution in [0.15, 0.2) is 18.3 Å². The molecule has 0 aliphatic carbocycles. The van der Waals surface area contributed by atoms with Gasteiger partial charge in [-0.25, -0.2) is 13.4 Å². The number of sulfone groups is 1. The predicted molar refractivity (Wildman–Crippen MR) is 109 cm³/mol. The van der Waals surface area contributed by atoms with Crippen molar-refractivity contribution in [2.24, 2.45) is 0 Å². The fourth-order valence-corrected chi connectivity index (χ4v) is 2.84. The molecule has 7 nitrogen and oxygen atoms in total. The number of nitrogen functional groups attached to an aromatic ring is 1. The van der Waals surface area contributed by atoms with Gasteiger partial charge in [-0.15, -0.1) is 0 Å². The fourth-order valence-electron chi connectivity index (χ4n) is 2.26. The number of hydrogen-bond donors (Lipinski definition) is 2. The lowest BCUT2D eigenvalue weighted by molar-refractivity contribution is 0.602. The van der Waals surface area contributed by atoms with Crippen molar-refractivity contribution in [3.05, 3.63) is 40.3 Å². The Kier molecular flexibility index (Phi) is 6.29. The molecule has 27 heavy (non-hydrogen) atoms. The number of nitrogens with two attached hydrogens (primary N) is 1. The van der Waals surface area contributed by atoms with Crippen LogP contribution in [0.3, 0.4) is 0 Å². The van der Waals surface area contributed by atoms with E-state index in [1.165, 1.54) is 6.26 Å². The van der Waals surface area contributed by atoms with E-state index in [0.29, 0.717) is 22.1 Å². The molecular formula is C18H22ClN5O2S. The SMILES string of the molecule is Cc1nc(N)nc(NCCS(C)(=O)=O)c1C#CC(C)(C)c1ccc(Cl)cn1. The average Bonchev–Trinajstić information content (AvgIpc) is 2.53. The van der Waals surface area contributed by atoms with Gasteiger partial charge in [-0.1, -0.05) is 23.4 Å². The summed E-state index contributed by atoms with van der Waals surface area (Å²) in [6.45, 7) is 5.86. The minimum atomic E-state index is -3.09. The first-order valence-corrected chi connectivity index (χ1v) is 10.6. The van der Waals surface area contributed by atoms with Gasteiger partial charge in [-0.2, -0.15) is 4.98 Å². The number of rotatable bonds is 5. The zero-order valence-corrected chi connectivity index (χ0v) is 17.2. The van der Waals surface area contributed by atoms with Crippen molar-refractivity contribution in [3.8, 4) is 11.8 Å². The van der Waals surface area contributed by atoms with Crippen molar-refractivity contribution in [3.63, 3.8) is 0 Å². The maximum absolute atomic E-state index is 11.3. The van der Waals surface area contributed by atoms with Gasteiger partial charge < -0.3 is 11.1 Å². The molecule has 0 atom stereocenters. The van der Waals surface area contributed by atoms with Gasteiger partial charge in [0.15, 0.2) is 0 Å². The number of anilines is 2. The topological polar surface area (TPSA) is 111 Å². The van der Waals surface area contributed by atoms with E-state index in [-0.39, 0.29) is 18.2 Å². The monoisotopic (exact) mass is 407 g/mol. The molecule has 0 aromatic carbocycles. The molecule has 9 heteroatoms. The third kappa shape index (κ3) is 6.08. The Bertz CT molecular complexity index is 993. The van der Waals surface area contributed by atoms with E-state index in [1.807, 2.05) is 19.9 Å². The molecule has 144 valence electrons. The lowest BCUT2D eigenvalue weighted by Gasteiger charge is -2.17. The summed E-state index contributed by atoms with van der Waals surface area (Å²) in [5.41, 5.74) is 7.14. The lowest BCUT2D eigenvalue weighted by Crippen LogP contribution is -2.18. The van der Waals surface area contributed by atoms with Gasteiger partial charge in [0.2, 0.25) is 5.95 Å². The summed E-state index contributed by atoms with van der Waals surface area (Å²) in [7, 11) is -3.09. The van der Waals surface area contributed by atoms with Crippen LogP contribution in [-0.2, 0) is 15.3 Å². The molecule has 0 bridgehead atoms. The molecular weight excluding hydrogens is 386 g/mol. The first kappa shape index (κ1) is 20.9. The molecule has 2 aromatic rings. The van der Waals surface area contributed by atoms with E-state index >= 15 is 0 Å². The standard InChI is InChI=1S/C18H22ClN5O2S/c1-12-14(7-8-18(2,3)15-6-5-13(19)11-22-15)16(24-17(20)23-12)21-9-10-27(4,25)26/h5-6,11H,9-10H2,1-4H3,(H3,20,21,23,24). The van der Waals surface area contributed by atoms with Crippen LogP contribution in [0.2, 0.25) is 5.02 Å². The maximum Gasteiger partial charge on any atom is 0.222 e. The van der Waals surface area contributed by atoms with Crippen LogP contribution >= 0.6 is 11.6 Å². The Morgan fingerprint density at radius 2 is 2.00 bits per heavy atom. The second-order valence-electron chi connectivity index (χ2n) is 6.68. The zero-order chi connectivity index (χ0) is 20.2. The molecule has 2 rings (SSSR count). The fraction of sp³-hybridized carbons (Fsp3) is 0.389. The third-order valence-corrected chi connectivity index (χ3v) is 4.91. The summed E-state index contributed by atoms with van der Waals surface area (Å²) in [4.78, 5) is 12.6. The number of hydrogen-bond acceptors (Lipinski definition) is 7. The van der Waals surface area contributed by atoms with E-state index < -0.39 is 15.3 Å². The van der Waals surface area contributed by atoms with Gasteiger partial charge in [0.05, 0.1) is 33.1 Å². The number of pyridine rings is 1. The van der Waals surface area contributed by atoms with Crippen LogP contribution < -0.4 is 11.1 Å². The highest BCUT2D eigenvalue weighted by atomic mass is 35.5. The van der Waals surface area contributed by atoms with E-state index in [9.17, 15) is 8.42 Å². The summed E-state index contributed by atoms with van der Waals surface area (Å²) < 4.78 is 22.7. The summed E-state index contributed by atoms with van der Waals surface area (Å²) in [5.74, 6) is 6.76. The Morgan fingerprint density at radius 1 is 1.30 bits per heavy atom. The van der Waals surface area contributed by atoms with Crippen molar-refractivity contribution in [1.82, 2.24) is 15.0 Å².